The minimum atomic E-state index is 0.0146. The summed E-state index contributed by atoms with van der Waals surface area (Å²) in [5.41, 5.74) is 0.0146. The van der Waals surface area contributed by atoms with Crippen molar-refractivity contribution in [3.63, 3.8) is 0 Å². The highest BCUT2D eigenvalue weighted by molar-refractivity contribution is 6.28. The Morgan fingerprint density at radius 3 is 2.43 bits per heavy atom. The fourth-order valence-corrected chi connectivity index (χ4v) is 2.21. The van der Waals surface area contributed by atoms with Crippen LogP contribution >= 0.6 is 11.6 Å². The Kier molecular flexibility index (Phi) is 3.53. The summed E-state index contributed by atoms with van der Waals surface area (Å²) in [6, 6.07) is 0. The molecule has 14 heavy (non-hydrogen) atoms. The Morgan fingerprint density at radius 2 is 1.93 bits per heavy atom. The molecule has 0 saturated carbocycles. The van der Waals surface area contributed by atoms with Crippen LogP contribution in [-0.4, -0.2) is 14.8 Å². The molecule has 0 amide bonds. The SMILES string of the molecule is CCCC(C)(C)n1c(Cl)nnc1CC. The first-order chi connectivity index (χ1) is 6.53. The van der Waals surface area contributed by atoms with Crippen molar-refractivity contribution in [2.45, 2.75) is 52.5 Å². The van der Waals surface area contributed by atoms with Gasteiger partial charge in [-0.1, -0.05) is 20.3 Å². The van der Waals surface area contributed by atoms with Gasteiger partial charge in [-0.15, -0.1) is 10.2 Å². The quantitative estimate of drug-likeness (QED) is 0.773. The molecule has 1 rings (SSSR count). The molecule has 80 valence electrons. The molecule has 0 aromatic carbocycles. The molecule has 0 atom stereocenters. The van der Waals surface area contributed by atoms with Gasteiger partial charge in [0.05, 0.1) is 0 Å². The van der Waals surface area contributed by atoms with Crippen LogP contribution in [0.25, 0.3) is 0 Å². The molecule has 3 nitrogen and oxygen atoms in total. The average Bonchev–Trinajstić information content (AvgIpc) is 2.47. The summed E-state index contributed by atoms with van der Waals surface area (Å²) < 4.78 is 2.04. The summed E-state index contributed by atoms with van der Waals surface area (Å²) in [5, 5.41) is 8.48. The number of aromatic nitrogens is 3. The molecule has 0 N–H and O–H groups in total. The first-order valence-corrected chi connectivity index (χ1v) is 5.51. The molecular formula is C10H18ClN3. The smallest absolute Gasteiger partial charge is 0.225 e. The Bertz CT molecular complexity index is 304. The molecule has 0 radical (unpaired) electrons. The number of aryl methyl sites for hydroxylation is 1. The van der Waals surface area contributed by atoms with Crippen molar-refractivity contribution in [3.05, 3.63) is 11.1 Å². The molecule has 1 aromatic heterocycles. The van der Waals surface area contributed by atoms with Crippen LogP contribution in [0.15, 0.2) is 0 Å². The predicted octanol–water partition coefficient (Wildman–Crippen LogP) is 3.03. The Balaban J connectivity index is 3.08. The van der Waals surface area contributed by atoms with Crippen molar-refractivity contribution < 1.29 is 0 Å². The van der Waals surface area contributed by atoms with Crippen molar-refractivity contribution in [2.24, 2.45) is 0 Å². The monoisotopic (exact) mass is 215 g/mol. The highest BCUT2D eigenvalue weighted by Crippen LogP contribution is 2.26. The van der Waals surface area contributed by atoms with E-state index in [1.807, 2.05) is 4.57 Å². The molecule has 0 aliphatic rings. The number of rotatable bonds is 4. The molecule has 0 bridgehead atoms. The fourth-order valence-electron chi connectivity index (χ4n) is 1.85. The largest absolute Gasteiger partial charge is 0.296 e. The van der Waals surface area contributed by atoms with E-state index in [4.69, 9.17) is 11.6 Å². The normalized spacial score (nSPS) is 12.1. The highest BCUT2D eigenvalue weighted by Gasteiger charge is 2.25. The number of halogens is 1. The van der Waals surface area contributed by atoms with Crippen LogP contribution in [-0.2, 0) is 12.0 Å². The van der Waals surface area contributed by atoms with Crippen LogP contribution < -0.4 is 0 Å². The summed E-state index contributed by atoms with van der Waals surface area (Å²) in [6.45, 7) is 8.58. The molecule has 0 spiro atoms. The maximum absolute atomic E-state index is 6.03. The third kappa shape index (κ3) is 2.08. The predicted molar refractivity (Wildman–Crippen MR) is 58.6 cm³/mol. The van der Waals surface area contributed by atoms with Crippen molar-refractivity contribution in [1.29, 1.82) is 0 Å². The second-order valence-electron chi connectivity index (χ2n) is 4.14. The minimum absolute atomic E-state index is 0.0146. The minimum Gasteiger partial charge on any atom is -0.296 e. The van der Waals surface area contributed by atoms with Crippen LogP contribution in [0.2, 0.25) is 5.28 Å². The molecular weight excluding hydrogens is 198 g/mol. The first-order valence-electron chi connectivity index (χ1n) is 5.13. The molecule has 0 aliphatic heterocycles. The van der Waals surface area contributed by atoms with Gasteiger partial charge in [0.25, 0.3) is 0 Å². The Morgan fingerprint density at radius 1 is 1.29 bits per heavy atom. The van der Waals surface area contributed by atoms with Crippen LogP contribution in [0.1, 0.15) is 46.4 Å². The summed E-state index contributed by atoms with van der Waals surface area (Å²) in [5.74, 6) is 0.966. The molecule has 0 aliphatic carbocycles. The van der Waals surface area contributed by atoms with Gasteiger partial charge in [0.2, 0.25) is 5.28 Å². The van der Waals surface area contributed by atoms with Gasteiger partial charge in [-0.25, -0.2) is 0 Å². The lowest BCUT2D eigenvalue weighted by atomic mass is 9.98. The van der Waals surface area contributed by atoms with Crippen LogP contribution in [0.5, 0.6) is 0 Å². The van der Waals surface area contributed by atoms with Crippen molar-refractivity contribution in [3.8, 4) is 0 Å². The molecule has 0 fully saturated rings. The Hall–Kier alpha value is -0.570. The third-order valence-electron chi connectivity index (χ3n) is 2.47. The van der Waals surface area contributed by atoms with Crippen LogP contribution in [0.3, 0.4) is 0 Å². The van der Waals surface area contributed by atoms with E-state index in [9.17, 15) is 0 Å². The summed E-state index contributed by atoms with van der Waals surface area (Å²) >= 11 is 6.03. The van der Waals surface area contributed by atoms with Gasteiger partial charge in [-0.05, 0) is 31.9 Å². The van der Waals surface area contributed by atoms with Crippen LogP contribution in [0, 0.1) is 0 Å². The van der Waals surface area contributed by atoms with Gasteiger partial charge < -0.3 is 0 Å². The maximum Gasteiger partial charge on any atom is 0.225 e. The van der Waals surface area contributed by atoms with E-state index < -0.39 is 0 Å². The van der Waals surface area contributed by atoms with E-state index in [0.717, 1.165) is 25.1 Å². The second kappa shape index (κ2) is 4.30. The second-order valence-corrected chi connectivity index (χ2v) is 4.47. The van der Waals surface area contributed by atoms with Crippen molar-refractivity contribution in [2.75, 3.05) is 0 Å². The average molecular weight is 216 g/mol. The van der Waals surface area contributed by atoms with Gasteiger partial charge in [0, 0.05) is 12.0 Å². The first kappa shape index (κ1) is 11.5. The summed E-state index contributed by atoms with van der Waals surface area (Å²) in [4.78, 5) is 0. The van der Waals surface area contributed by atoms with E-state index in [1.165, 1.54) is 0 Å². The lowest BCUT2D eigenvalue weighted by molar-refractivity contribution is 0.315. The lowest BCUT2D eigenvalue weighted by Gasteiger charge is -2.27. The van der Waals surface area contributed by atoms with E-state index in [-0.39, 0.29) is 5.54 Å². The molecule has 0 unspecified atom stereocenters. The van der Waals surface area contributed by atoms with Gasteiger partial charge >= 0.3 is 0 Å². The number of nitrogens with zero attached hydrogens (tertiary/aromatic N) is 3. The Labute approximate surface area is 90.5 Å². The molecule has 1 aromatic rings. The van der Waals surface area contributed by atoms with Crippen molar-refractivity contribution in [1.82, 2.24) is 14.8 Å². The maximum atomic E-state index is 6.03. The third-order valence-corrected chi connectivity index (χ3v) is 2.72. The topological polar surface area (TPSA) is 30.7 Å². The molecule has 1 heterocycles. The molecule has 4 heteroatoms. The van der Waals surface area contributed by atoms with Gasteiger partial charge in [-0.3, -0.25) is 4.57 Å². The summed E-state index contributed by atoms with van der Waals surface area (Å²) in [6.07, 6.45) is 3.08. The fraction of sp³-hybridized carbons (Fsp3) is 0.800. The highest BCUT2D eigenvalue weighted by atomic mass is 35.5. The van der Waals surface area contributed by atoms with Crippen LogP contribution in [0.4, 0.5) is 0 Å². The molecule has 0 saturated heterocycles. The van der Waals surface area contributed by atoms with Gasteiger partial charge in [0.1, 0.15) is 5.82 Å². The zero-order chi connectivity index (χ0) is 10.8. The zero-order valence-corrected chi connectivity index (χ0v) is 10.1. The number of hydrogen-bond acceptors (Lipinski definition) is 2. The van der Waals surface area contributed by atoms with Crippen molar-refractivity contribution >= 4 is 11.6 Å². The van der Waals surface area contributed by atoms with E-state index >= 15 is 0 Å². The van der Waals surface area contributed by atoms with E-state index in [1.54, 1.807) is 0 Å². The van der Waals surface area contributed by atoms with Gasteiger partial charge in [-0.2, -0.15) is 0 Å². The van der Waals surface area contributed by atoms with E-state index in [2.05, 4.69) is 37.9 Å². The summed E-state index contributed by atoms with van der Waals surface area (Å²) in [7, 11) is 0. The zero-order valence-electron chi connectivity index (χ0n) is 9.34. The van der Waals surface area contributed by atoms with Gasteiger partial charge in [0.15, 0.2) is 0 Å². The number of hydrogen-bond donors (Lipinski definition) is 0. The standard InChI is InChI=1S/C10H18ClN3/c1-5-7-10(3,4)14-8(6-2)12-13-9(14)11/h5-7H2,1-4H3. The lowest BCUT2D eigenvalue weighted by Crippen LogP contribution is -2.28. The van der Waals surface area contributed by atoms with E-state index in [0.29, 0.717) is 5.28 Å².